The zero-order valence-electron chi connectivity index (χ0n) is 44.8. The summed E-state index contributed by atoms with van der Waals surface area (Å²) in [6, 6.07) is -0.822. The van der Waals surface area contributed by atoms with E-state index in [0.717, 1.165) is 44.9 Å². The monoisotopic (exact) mass is 974 g/mol. The van der Waals surface area contributed by atoms with Crippen molar-refractivity contribution in [2.45, 2.75) is 314 Å². The van der Waals surface area contributed by atoms with E-state index in [1.54, 1.807) is 6.08 Å². The maximum absolute atomic E-state index is 13.0. The SMILES string of the molecule is CCCCCCCCCCC/C=C\C/C=C\CCCCCCCCCCCCCCCCCC(=O)NC(COC1OC(CO)C(O)C(O)C1O)C(O)/C=C/CC/C=C/CCCCCCCCCCC. The molecule has 404 valence electrons. The Labute approximate surface area is 424 Å². The number of carbonyl (C=O) groups is 1. The minimum atomic E-state index is -1.57. The zero-order valence-corrected chi connectivity index (χ0v) is 44.8. The van der Waals surface area contributed by atoms with Crippen molar-refractivity contribution in [1.29, 1.82) is 0 Å². The van der Waals surface area contributed by atoms with Gasteiger partial charge in [-0.2, -0.15) is 0 Å². The van der Waals surface area contributed by atoms with Crippen LogP contribution in [0, 0.1) is 0 Å². The normalized spacial score (nSPS) is 19.8. The van der Waals surface area contributed by atoms with Crippen LogP contribution in [0.5, 0.6) is 0 Å². The Hall–Kier alpha value is -1.85. The van der Waals surface area contributed by atoms with Gasteiger partial charge in [0.25, 0.3) is 0 Å². The van der Waals surface area contributed by atoms with Crippen LogP contribution in [0.4, 0.5) is 0 Å². The Kier molecular flexibility index (Phi) is 47.0. The van der Waals surface area contributed by atoms with E-state index in [2.05, 4.69) is 55.6 Å². The third-order valence-electron chi connectivity index (χ3n) is 13.9. The van der Waals surface area contributed by atoms with Gasteiger partial charge < -0.3 is 40.3 Å². The lowest BCUT2D eigenvalue weighted by Crippen LogP contribution is -2.60. The molecule has 7 atom stereocenters. The van der Waals surface area contributed by atoms with E-state index in [4.69, 9.17) is 9.47 Å². The number of carbonyl (C=O) groups excluding carboxylic acids is 1. The first kappa shape index (κ1) is 65.2. The summed E-state index contributed by atoms with van der Waals surface area (Å²) < 4.78 is 11.2. The molecule has 0 bridgehead atoms. The molecule has 69 heavy (non-hydrogen) atoms. The fraction of sp³-hybridized carbons (Fsp3) is 0.850. The highest BCUT2D eigenvalue weighted by atomic mass is 16.7. The third kappa shape index (κ3) is 39.4. The van der Waals surface area contributed by atoms with Crippen LogP contribution in [0.25, 0.3) is 0 Å². The number of hydrogen-bond donors (Lipinski definition) is 6. The zero-order chi connectivity index (χ0) is 50.1. The van der Waals surface area contributed by atoms with Gasteiger partial charge in [-0.3, -0.25) is 4.79 Å². The van der Waals surface area contributed by atoms with Crippen molar-refractivity contribution >= 4 is 5.91 Å². The van der Waals surface area contributed by atoms with E-state index < -0.39 is 49.5 Å². The summed E-state index contributed by atoms with van der Waals surface area (Å²) in [5.41, 5.74) is 0. The molecule has 6 N–H and O–H groups in total. The van der Waals surface area contributed by atoms with Gasteiger partial charge in [0.15, 0.2) is 6.29 Å². The van der Waals surface area contributed by atoms with E-state index in [9.17, 15) is 30.3 Å². The standard InChI is InChI=1S/C60H111NO8/c1-3-5-7-9-11-13-15-17-19-20-21-22-23-24-25-26-27-28-29-30-31-32-33-34-36-38-40-42-44-46-48-50-56(64)61-53(52-68-60-59(67)58(66)57(65)55(51-62)69-60)54(63)49-47-45-43-41-39-37-35-18-16-14-12-10-8-6-4-2/h21-22,24-25,39,41,47,49,53-55,57-60,62-63,65-67H,3-20,23,26-38,40,42-46,48,50-52H2,1-2H3,(H,61,64)/b22-21-,25-24-,41-39+,49-47+. The fourth-order valence-corrected chi connectivity index (χ4v) is 9.20. The number of aliphatic hydroxyl groups is 5. The molecule has 1 saturated heterocycles. The lowest BCUT2D eigenvalue weighted by atomic mass is 9.99. The van der Waals surface area contributed by atoms with Gasteiger partial charge in [0.05, 0.1) is 25.4 Å². The molecule has 0 aromatic carbocycles. The summed E-state index contributed by atoms with van der Waals surface area (Å²) in [4.78, 5) is 13.0. The molecule has 1 aliphatic rings. The number of allylic oxidation sites excluding steroid dienone is 7. The molecule has 0 aliphatic carbocycles. The molecule has 0 aromatic rings. The van der Waals surface area contributed by atoms with Gasteiger partial charge in [-0.1, -0.05) is 249 Å². The van der Waals surface area contributed by atoms with Crippen LogP contribution in [0.3, 0.4) is 0 Å². The van der Waals surface area contributed by atoms with Crippen molar-refractivity contribution in [1.82, 2.24) is 5.32 Å². The van der Waals surface area contributed by atoms with Crippen molar-refractivity contribution in [2.24, 2.45) is 0 Å². The summed E-state index contributed by atoms with van der Waals surface area (Å²) in [6.07, 6.45) is 59.0. The van der Waals surface area contributed by atoms with E-state index in [0.29, 0.717) is 6.42 Å². The van der Waals surface area contributed by atoms with Crippen LogP contribution < -0.4 is 5.32 Å². The molecule has 0 saturated carbocycles. The Bertz CT molecular complexity index is 1220. The first-order valence-electron chi connectivity index (χ1n) is 29.4. The largest absolute Gasteiger partial charge is 0.394 e. The number of nitrogens with one attached hydrogen (secondary N) is 1. The van der Waals surface area contributed by atoms with Crippen molar-refractivity contribution < 1.29 is 39.8 Å². The van der Waals surface area contributed by atoms with Gasteiger partial charge in [-0.05, 0) is 64.2 Å². The number of amides is 1. The maximum atomic E-state index is 13.0. The van der Waals surface area contributed by atoms with Crippen LogP contribution in [-0.2, 0) is 14.3 Å². The average Bonchev–Trinajstić information content (AvgIpc) is 3.35. The van der Waals surface area contributed by atoms with Crippen molar-refractivity contribution in [3.05, 3.63) is 48.6 Å². The van der Waals surface area contributed by atoms with Crippen LogP contribution in [0.2, 0.25) is 0 Å². The molecule has 9 heteroatoms. The smallest absolute Gasteiger partial charge is 0.220 e. The average molecular weight is 975 g/mol. The molecular formula is C60H111NO8. The molecule has 9 nitrogen and oxygen atoms in total. The fourth-order valence-electron chi connectivity index (χ4n) is 9.20. The highest BCUT2D eigenvalue weighted by Gasteiger charge is 2.44. The van der Waals surface area contributed by atoms with Gasteiger partial charge in [-0.15, -0.1) is 0 Å². The lowest BCUT2D eigenvalue weighted by Gasteiger charge is -2.40. The van der Waals surface area contributed by atoms with Crippen LogP contribution >= 0.6 is 0 Å². The van der Waals surface area contributed by atoms with E-state index in [1.807, 2.05) is 6.08 Å². The minimum absolute atomic E-state index is 0.185. The quantitative estimate of drug-likeness (QED) is 0.0261. The molecular weight excluding hydrogens is 863 g/mol. The summed E-state index contributed by atoms with van der Waals surface area (Å²) in [5.74, 6) is -0.185. The van der Waals surface area contributed by atoms with Crippen molar-refractivity contribution in [2.75, 3.05) is 13.2 Å². The maximum Gasteiger partial charge on any atom is 0.220 e. The molecule has 0 spiro atoms. The topological polar surface area (TPSA) is 149 Å². The van der Waals surface area contributed by atoms with E-state index in [1.165, 1.54) is 205 Å². The lowest BCUT2D eigenvalue weighted by molar-refractivity contribution is -0.302. The molecule has 1 heterocycles. The van der Waals surface area contributed by atoms with Crippen molar-refractivity contribution in [3.63, 3.8) is 0 Å². The predicted molar refractivity (Wildman–Crippen MR) is 290 cm³/mol. The summed E-state index contributed by atoms with van der Waals surface area (Å²) in [7, 11) is 0. The minimum Gasteiger partial charge on any atom is -0.394 e. The molecule has 0 aromatic heterocycles. The molecule has 1 fully saturated rings. The Balaban J connectivity index is 2.16. The second kappa shape index (κ2) is 49.7. The van der Waals surface area contributed by atoms with E-state index >= 15 is 0 Å². The summed E-state index contributed by atoms with van der Waals surface area (Å²) >= 11 is 0. The Morgan fingerprint density at radius 1 is 0.493 bits per heavy atom. The van der Waals surface area contributed by atoms with Crippen LogP contribution in [0.1, 0.15) is 271 Å². The molecule has 1 aliphatic heterocycles. The van der Waals surface area contributed by atoms with Crippen molar-refractivity contribution in [3.8, 4) is 0 Å². The second-order valence-electron chi connectivity index (χ2n) is 20.4. The highest BCUT2D eigenvalue weighted by Crippen LogP contribution is 2.23. The molecule has 7 unspecified atom stereocenters. The van der Waals surface area contributed by atoms with Crippen LogP contribution in [0.15, 0.2) is 48.6 Å². The Morgan fingerprint density at radius 3 is 1.30 bits per heavy atom. The Morgan fingerprint density at radius 2 is 0.870 bits per heavy atom. The number of hydrogen-bond acceptors (Lipinski definition) is 8. The number of rotatable bonds is 50. The van der Waals surface area contributed by atoms with Gasteiger partial charge in [0, 0.05) is 6.42 Å². The van der Waals surface area contributed by atoms with Gasteiger partial charge in [-0.25, -0.2) is 0 Å². The molecule has 1 amide bonds. The molecule has 1 rings (SSSR count). The highest BCUT2D eigenvalue weighted by molar-refractivity contribution is 5.76. The third-order valence-corrected chi connectivity index (χ3v) is 13.9. The number of unbranched alkanes of at least 4 members (excludes halogenated alkanes) is 34. The first-order chi connectivity index (χ1) is 33.8. The number of ether oxygens (including phenoxy) is 2. The van der Waals surface area contributed by atoms with E-state index in [-0.39, 0.29) is 12.5 Å². The number of aliphatic hydroxyl groups excluding tert-OH is 5. The van der Waals surface area contributed by atoms with Crippen LogP contribution in [-0.4, -0.2) is 87.5 Å². The molecule has 0 radical (unpaired) electrons. The summed E-state index contributed by atoms with van der Waals surface area (Å²) in [5, 5.41) is 54.4. The first-order valence-corrected chi connectivity index (χ1v) is 29.4. The summed E-state index contributed by atoms with van der Waals surface area (Å²) in [6.45, 7) is 3.77. The van der Waals surface area contributed by atoms with Gasteiger partial charge in [0.2, 0.25) is 5.91 Å². The van der Waals surface area contributed by atoms with Gasteiger partial charge in [0.1, 0.15) is 24.4 Å². The second-order valence-corrected chi connectivity index (χ2v) is 20.4. The predicted octanol–water partition coefficient (Wildman–Crippen LogP) is 14.5. The van der Waals surface area contributed by atoms with Gasteiger partial charge >= 0.3 is 0 Å².